The van der Waals surface area contributed by atoms with Crippen molar-refractivity contribution < 1.29 is 19.0 Å². The quantitative estimate of drug-likeness (QED) is 0.682. The molecule has 1 amide bonds. The van der Waals surface area contributed by atoms with Crippen molar-refractivity contribution in [2.75, 3.05) is 20.3 Å². The zero-order valence-corrected chi connectivity index (χ0v) is 16.6. The largest absolute Gasteiger partial charge is 0.493 e. The van der Waals surface area contributed by atoms with Crippen LogP contribution in [0.2, 0.25) is 0 Å². The highest BCUT2D eigenvalue weighted by molar-refractivity contribution is 5.77. The summed E-state index contributed by atoms with van der Waals surface area (Å²) >= 11 is 0. The highest BCUT2D eigenvalue weighted by Crippen LogP contribution is 2.28. The van der Waals surface area contributed by atoms with Crippen LogP contribution < -0.4 is 19.5 Å². The number of hydrogen-bond donors (Lipinski definition) is 1. The maximum atomic E-state index is 12.0. The molecule has 2 aromatic rings. The standard InChI is InChI=1S/C22H29NO4/c1-16(2)10-11-26-20-9-8-18(13-21(20)25-4)14-23-22(24)15-27-19-7-5-6-17(3)12-19/h5-9,12-13,16H,10-11,14-15H2,1-4H3,(H,23,24). The lowest BCUT2D eigenvalue weighted by Crippen LogP contribution is -2.28. The third-order valence-corrected chi connectivity index (χ3v) is 4.03. The van der Waals surface area contributed by atoms with Gasteiger partial charge >= 0.3 is 0 Å². The molecule has 0 fully saturated rings. The lowest BCUT2D eigenvalue weighted by Gasteiger charge is -2.13. The first kappa shape index (κ1) is 20.6. The Morgan fingerprint density at radius 2 is 1.89 bits per heavy atom. The van der Waals surface area contributed by atoms with Gasteiger partial charge in [0.1, 0.15) is 5.75 Å². The van der Waals surface area contributed by atoms with E-state index in [2.05, 4.69) is 19.2 Å². The summed E-state index contributed by atoms with van der Waals surface area (Å²) in [5.41, 5.74) is 2.03. The zero-order valence-electron chi connectivity index (χ0n) is 16.6. The van der Waals surface area contributed by atoms with Crippen molar-refractivity contribution in [2.45, 2.75) is 33.7 Å². The van der Waals surface area contributed by atoms with Gasteiger partial charge in [-0.25, -0.2) is 0 Å². The highest BCUT2D eigenvalue weighted by atomic mass is 16.5. The normalized spacial score (nSPS) is 10.6. The summed E-state index contributed by atoms with van der Waals surface area (Å²) in [6.07, 6.45) is 0.988. The number of amides is 1. The average molecular weight is 371 g/mol. The monoisotopic (exact) mass is 371 g/mol. The van der Waals surface area contributed by atoms with Crippen molar-refractivity contribution in [3.8, 4) is 17.2 Å². The van der Waals surface area contributed by atoms with Gasteiger partial charge in [-0.2, -0.15) is 0 Å². The smallest absolute Gasteiger partial charge is 0.258 e. The summed E-state index contributed by atoms with van der Waals surface area (Å²) in [6.45, 7) is 7.34. The molecule has 2 rings (SSSR count). The number of ether oxygens (including phenoxy) is 3. The Kier molecular flexibility index (Phi) is 7.99. The minimum Gasteiger partial charge on any atom is -0.493 e. The number of methoxy groups -OCH3 is 1. The molecule has 5 heteroatoms. The van der Waals surface area contributed by atoms with E-state index in [1.807, 2.05) is 49.4 Å². The Hall–Kier alpha value is -2.69. The fourth-order valence-electron chi connectivity index (χ4n) is 2.45. The first-order valence-corrected chi connectivity index (χ1v) is 9.24. The summed E-state index contributed by atoms with van der Waals surface area (Å²) in [6, 6.07) is 13.3. The minimum atomic E-state index is -0.173. The van der Waals surface area contributed by atoms with Crippen LogP contribution in [-0.2, 0) is 11.3 Å². The van der Waals surface area contributed by atoms with Gasteiger partial charge < -0.3 is 19.5 Å². The fraction of sp³-hybridized carbons (Fsp3) is 0.409. The number of nitrogens with one attached hydrogen (secondary N) is 1. The number of aryl methyl sites for hydroxylation is 1. The fourth-order valence-corrected chi connectivity index (χ4v) is 2.45. The van der Waals surface area contributed by atoms with E-state index in [0.29, 0.717) is 30.6 Å². The van der Waals surface area contributed by atoms with E-state index in [-0.39, 0.29) is 12.5 Å². The predicted molar refractivity (Wildman–Crippen MR) is 106 cm³/mol. The van der Waals surface area contributed by atoms with Crippen molar-refractivity contribution in [3.05, 3.63) is 53.6 Å². The molecule has 146 valence electrons. The Labute approximate surface area is 161 Å². The van der Waals surface area contributed by atoms with Crippen LogP contribution in [0.1, 0.15) is 31.4 Å². The molecular weight excluding hydrogens is 342 g/mol. The van der Waals surface area contributed by atoms with Crippen LogP contribution >= 0.6 is 0 Å². The lowest BCUT2D eigenvalue weighted by molar-refractivity contribution is -0.123. The summed E-state index contributed by atoms with van der Waals surface area (Å²) in [5.74, 6) is 2.49. The third kappa shape index (κ3) is 7.21. The number of rotatable bonds is 10. The maximum Gasteiger partial charge on any atom is 0.258 e. The number of benzene rings is 2. The third-order valence-electron chi connectivity index (χ3n) is 4.03. The molecule has 0 saturated heterocycles. The molecular formula is C22H29NO4. The molecule has 0 unspecified atom stereocenters. The van der Waals surface area contributed by atoms with E-state index >= 15 is 0 Å². The minimum absolute atomic E-state index is 0.0169. The van der Waals surface area contributed by atoms with Crippen molar-refractivity contribution in [1.82, 2.24) is 5.32 Å². The van der Waals surface area contributed by atoms with E-state index in [9.17, 15) is 4.79 Å². The second-order valence-electron chi connectivity index (χ2n) is 6.90. The van der Waals surface area contributed by atoms with Crippen LogP contribution in [-0.4, -0.2) is 26.2 Å². The van der Waals surface area contributed by atoms with Gasteiger partial charge in [-0.1, -0.05) is 32.0 Å². The molecule has 0 aromatic heterocycles. The Bertz CT molecular complexity index is 743. The summed E-state index contributed by atoms with van der Waals surface area (Å²) < 4.78 is 16.7. The van der Waals surface area contributed by atoms with Gasteiger partial charge in [-0.15, -0.1) is 0 Å². The van der Waals surface area contributed by atoms with E-state index in [0.717, 1.165) is 23.3 Å². The van der Waals surface area contributed by atoms with Gasteiger partial charge in [0, 0.05) is 6.54 Å². The molecule has 0 bridgehead atoms. The van der Waals surface area contributed by atoms with Gasteiger partial charge in [0.15, 0.2) is 18.1 Å². The highest BCUT2D eigenvalue weighted by Gasteiger charge is 2.08. The second kappa shape index (κ2) is 10.5. The Balaban J connectivity index is 1.83. The molecule has 2 aromatic carbocycles. The molecule has 0 aliphatic heterocycles. The van der Waals surface area contributed by atoms with Crippen LogP contribution in [0.4, 0.5) is 0 Å². The summed E-state index contributed by atoms with van der Waals surface area (Å²) in [4.78, 5) is 12.0. The van der Waals surface area contributed by atoms with E-state index in [1.165, 1.54) is 0 Å². The van der Waals surface area contributed by atoms with E-state index in [4.69, 9.17) is 14.2 Å². The molecule has 0 heterocycles. The van der Waals surface area contributed by atoms with Crippen LogP contribution in [0.3, 0.4) is 0 Å². The number of carbonyl (C=O) groups is 1. The Morgan fingerprint density at radius 3 is 2.59 bits per heavy atom. The van der Waals surface area contributed by atoms with Crippen molar-refractivity contribution in [1.29, 1.82) is 0 Å². The van der Waals surface area contributed by atoms with Crippen molar-refractivity contribution in [2.24, 2.45) is 5.92 Å². The van der Waals surface area contributed by atoms with Gasteiger partial charge in [0.05, 0.1) is 13.7 Å². The molecule has 0 atom stereocenters. The van der Waals surface area contributed by atoms with Gasteiger partial charge in [0.2, 0.25) is 0 Å². The van der Waals surface area contributed by atoms with Gasteiger partial charge in [0.25, 0.3) is 5.91 Å². The van der Waals surface area contributed by atoms with Crippen LogP contribution in [0.25, 0.3) is 0 Å². The first-order chi connectivity index (χ1) is 13.0. The molecule has 27 heavy (non-hydrogen) atoms. The molecule has 5 nitrogen and oxygen atoms in total. The van der Waals surface area contributed by atoms with Crippen LogP contribution in [0.15, 0.2) is 42.5 Å². The molecule has 0 saturated carbocycles. The predicted octanol–water partition coefficient (Wildman–Crippen LogP) is 4.12. The SMILES string of the molecule is COc1cc(CNC(=O)COc2cccc(C)c2)ccc1OCCC(C)C. The first-order valence-electron chi connectivity index (χ1n) is 9.24. The molecule has 0 spiro atoms. The molecule has 1 N–H and O–H groups in total. The topological polar surface area (TPSA) is 56.8 Å². The average Bonchev–Trinajstić information content (AvgIpc) is 2.65. The molecule has 0 aliphatic carbocycles. The summed E-state index contributed by atoms with van der Waals surface area (Å²) in [5, 5.41) is 2.85. The van der Waals surface area contributed by atoms with Crippen molar-refractivity contribution in [3.63, 3.8) is 0 Å². The zero-order chi connectivity index (χ0) is 19.6. The lowest BCUT2D eigenvalue weighted by atomic mass is 10.1. The second-order valence-corrected chi connectivity index (χ2v) is 6.90. The maximum absolute atomic E-state index is 12.0. The van der Waals surface area contributed by atoms with E-state index in [1.54, 1.807) is 7.11 Å². The van der Waals surface area contributed by atoms with Gasteiger partial charge in [-0.05, 0) is 54.7 Å². The van der Waals surface area contributed by atoms with Gasteiger partial charge in [-0.3, -0.25) is 4.79 Å². The molecule has 0 aliphatic rings. The molecule has 0 radical (unpaired) electrons. The van der Waals surface area contributed by atoms with Crippen LogP contribution in [0, 0.1) is 12.8 Å². The van der Waals surface area contributed by atoms with Crippen molar-refractivity contribution >= 4 is 5.91 Å². The Morgan fingerprint density at radius 1 is 1.07 bits per heavy atom. The van der Waals surface area contributed by atoms with E-state index < -0.39 is 0 Å². The summed E-state index contributed by atoms with van der Waals surface area (Å²) in [7, 11) is 1.61. The van der Waals surface area contributed by atoms with Crippen LogP contribution in [0.5, 0.6) is 17.2 Å². The number of carbonyl (C=O) groups excluding carboxylic acids is 1. The number of hydrogen-bond acceptors (Lipinski definition) is 4.